The molecule has 4 nitrogen and oxygen atoms in total. The summed E-state index contributed by atoms with van der Waals surface area (Å²) in [4.78, 5) is 4.56. The average Bonchev–Trinajstić information content (AvgIpc) is 3.07. The van der Waals surface area contributed by atoms with Crippen LogP contribution in [-0.2, 0) is 5.75 Å². The summed E-state index contributed by atoms with van der Waals surface area (Å²) in [5.41, 5.74) is 5.32. The van der Waals surface area contributed by atoms with E-state index in [0.29, 0.717) is 16.3 Å². The fraction of sp³-hybridized carbons (Fsp3) is 0.211. The summed E-state index contributed by atoms with van der Waals surface area (Å²) >= 11 is 7.39. The Hall–Kier alpha value is -2.29. The number of nitriles is 1. The van der Waals surface area contributed by atoms with Crippen LogP contribution in [0, 0.1) is 32.1 Å². The van der Waals surface area contributed by atoms with E-state index in [1.54, 1.807) is 0 Å². The van der Waals surface area contributed by atoms with E-state index in [4.69, 9.17) is 16.1 Å². The van der Waals surface area contributed by atoms with Gasteiger partial charge >= 0.3 is 0 Å². The number of aryl methyl sites for hydroxylation is 1. The van der Waals surface area contributed by atoms with Crippen LogP contribution in [0.2, 0.25) is 5.02 Å². The minimum Gasteiger partial charge on any atom is -0.360 e. The SMILES string of the molecule is Cc1nc(SCc2cc(-c3ccc(Cl)cc3)no2)c(C#N)c(C)c1C. The molecule has 1 aromatic carbocycles. The van der Waals surface area contributed by atoms with Gasteiger partial charge in [0.2, 0.25) is 0 Å². The Morgan fingerprint density at radius 1 is 1.16 bits per heavy atom. The Morgan fingerprint density at radius 2 is 1.88 bits per heavy atom. The van der Waals surface area contributed by atoms with Gasteiger partial charge in [0, 0.05) is 22.3 Å². The van der Waals surface area contributed by atoms with E-state index in [2.05, 4.69) is 16.2 Å². The maximum absolute atomic E-state index is 9.44. The summed E-state index contributed by atoms with van der Waals surface area (Å²) in [6, 6.07) is 11.6. The first-order valence-electron chi connectivity index (χ1n) is 7.72. The maximum Gasteiger partial charge on any atom is 0.147 e. The molecule has 6 heteroatoms. The second kappa shape index (κ2) is 7.30. The molecule has 0 unspecified atom stereocenters. The van der Waals surface area contributed by atoms with E-state index < -0.39 is 0 Å². The molecule has 0 N–H and O–H groups in total. The van der Waals surface area contributed by atoms with E-state index in [-0.39, 0.29) is 0 Å². The van der Waals surface area contributed by atoms with Gasteiger partial charge in [-0.05, 0) is 44.0 Å². The maximum atomic E-state index is 9.44. The van der Waals surface area contributed by atoms with Crippen molar-refractivity contribution in [1.82, 2.24) is 10.1 Å². The number of pyridine rings is 1. The highest BCUT2D eigenvalue weighted by Crippen LogP contribution is 2.30. The van der Waals surface area contributed by atoms with Crippen LogP contribution >= 0.6 is 23.4 Å². The van der Waals surface area contributed by atoms with Crippen molar-refractivity contribution in [3.8, 4) is 17.3 Å². The predicted molar refractivity (Wildman–Crippen MR) is 99.7 cm³/mol. The topological polar surface area (TPSA) is 62.7 Å². The summed E-state index contributed by atoms with van der Waals surface area (Å²) < 4.78 is 5.41. The normalized spacial score (nSPS) is 10.7. The number of halogens is 1. The Balaban J connectivity index is 1.79. The highest BCUT2D eigenvalue weighted by atomic mass is 35.5. The van der Waals surface area contributed by atoms with Crippen LogP contribution in [0.4, 0.5) is 0 Å². The van der Waals surface area contributed by atoms with Gasteiger partial charge in [0.05, 0.1) is 11.3 Å². The highest BCUT2D eigenvalue weighted by Gasteiger charge is 2.14. The second-order valence-electron chi connectivity index (χ2n) is 5.71. The van der Waals surface area contributed by atoms with Gasteiger partial charge in [0.15, 0.2) is 0 Å². The number of rotatable bonds is 4. The highest BCUT2D eigenvalue weighted by molar-refractivity contribution is 7.98. The number of aromatic nitrogens is 2. The molecule has 0 amide bonds. The van der Waals surface area contributed by atoms with Crippen LogP contribution in [-0.4, -0.2) is 10.1 Å². The van der Waals surface area contributed by atoms with E-state index in [1.807, 2.05) is 51.1 Å². The molecule has 0 fully saturated rings. The molecule has 0 atom stereocenters. The van der Waals surface area contributed by atoms with Gasteiger partial charge in [-0.1, -0.05) is 40.7 Å². The molecular formula is C19H16ClN3OS. The molecule has 3 rings (SSSR count). The molecule has 2 heterocycles. The van der Waals surface area contributed by atoms with E-state index >= 15 is 0 Å². The molecule has 0 bridgehead atoms. The molecular weight excluding hydrogens is 354 g/mol. The number of nitrogens with zero attached hydrogens (tertiary/aromatic N) is 3. The molecule has 0 aliphatic rings. The lowest BCUT2D eigenvalue weighted by atomic mass is 10.1. The van der Waals surface area contributed by atoms with Gasteiger partial charge in [-0.2, -0.15) is 5.26 Å². The van der Waals surface area contributed by atoms with Crippen molar-refractivity contribution in [3.63, 3.8) is 0 Å². The molecule has 126 valence electrons. The van der Waals surface area contributed by atoms with Crippen molar-refractivity contribution in [2.24, 2.45) is 0 Å². The minimum absolute atomic E-state index is 0.560. The fourth-order valence-electron chi connectivity index (χ4n) is 2.42. The molecule has 0 spiro atoms. The molecule has 3 aromatic rings. The lowest BCUT2D eigenvalue weighted by Crippen LogP contribution is -1.99. The minimum atomic E-state index is 0.560. The Bertz CT molecular complexity index is 958. The summed E-state index contributed by atoms with van der Waals surface area (Å²) in [5, 5.41) is 15.0. The van der Waals surface area contributed by atoms with Gasteiger partial charge < -0.3 is 4.52 Å². The van der Waals surface area contributed by atoms with E-state index in [0.717, 1.165) is 38.9 Å². The lowest BCUT2D eigenvalue weighted by molar-refractivity contribution is 0.397. The molecule has 0 aliphatic heterocycles. The van der Waals surface area contributed by atoms with Gasteiger partial charge in [-0.3, -0.25) is 0 Å². The molecule has 2 aromatic heterocycles. The number of hydrogen-bond donors (Lipinski definition) is 0. The van der Waals surface area contributed by atoms with Crippen LogP contribution in [0.3, 0.4) is 0 Å². The molecule has 0 aliphatic carbocycles. The fourth-order valence-corrected chi connectivity index (χ4v) is 3.51. The molecule has 0 radical (unpaired) electrons. The van der Waals surface area contributed by atoms with Crippen molar-refractivity contribution in [2.75, 3.05) is 0 Å². The first kappa shape index (κ1) is 17.5. The quantitative estimate of drug-likeness (QED) is 0.570. The number of thioether (sulfide) groups is 1. The number of hydrogen-bond acceptors (Lipinski definition) is 5. The average molecular weight is 370 g/mol. The summed E-state index contributed by atoms with van der Waals surface area (Å²) in [5.74, 6) is 1.29. The van der Waals surface area contributed by atoms with Crippen molar-refractivity contribution in [2.45, 2.75) is 31.6 Å². The van der Waals surface area contributed by atoms with Crippen LogP contribution in [0.15, 0.2) is 39.9 Å². The number of benzene rings is 1. The largest absolute Gasteiger partial charge is 0.360 e. The zero-order chi connectivity index (χ0) is 18.0. The zero-order valence-electron chi connectivity index (χ0n) is 14.1. The van der Waals surface area contributed by atoms with Gasteiger partial charge in [-0.15, -0.1) is 0 Å². The predicted octanol–water partition coefficient (Wildman–Crippen LogP) is 5.48. The standard InChI is InChI=1S/C19H16ClN3OS/c1-11-12(2)17(9-21)19(22-13(11)3)25-10-16-8-18(23-24-16)14-4-6-15(20)7-5-14/h4-8H,10H2,1-3H3. The Labute approximate surface area is 155 Å². The summed E-state index contributed by atoms with van der Waals surface area (Å²) in [7, 11) is 0. The van der Waals surface area contributed by atoms with Crippen LogP contribution < -0.4 is 0 Å². The first-order valence-corrected chi connectivity index (χ1v) is 9.08. The zero-order valence-corrected chi connectivity index (χ0v) is 15.7. The monoisotopic (exact) mass is 369 g/mol. The van der Waals surface area contributed by atoms with Crippen LogP contribution in [0.1, 0.15) is 28.1 Å². The van der Waals surface area contributed by atoms with E-state index in [9.17, 15) is 5.26 Å². The van der Waals surface area contributed by atoms with Crippen molar-refractivity contribution >= 4 is 23.4 Å². The van der Waals surface area contributed by atoms with Crippen molar-refractivity contribution in [1.29, 1.82) is 5.26 Å². The summed E-state index contributed by atoms with van der Waals surface area (Å²) in [6.07, 6.45) is 0. The van der Waals surface area contributed by atoms with Crippen molar-refractivity contribution < 1.29 is 4.52 Å². The summed E-state index contributed by atoms with van der Waals surface area (Å²) in [6.45, 7) is 5.90. The van der Waals surface area contributed by atoms with Crippen LogP contribution in [0.5, 0.6) is 0 Å². The van der Waals surface area contributed by atoms with Gasteiger partial charge in [0.1, 0.15) is 22.5 Å². The van der Waals surface area contributed by atoms with Crippen molar-refractivity contribution in [3.05, 3.63) is 63.5 Å². The lowest BCUT2D eigenvalue weighted by Gasteiger charge is -2.10. The molecule has 0 saturated carbocycles. The third-order valence-electron chi connectivity index (χ3n) is 4.13. The third kappa shape index (κ3) is 3.71. The Kier molecular flexibility index (Phi) is 5.12. The Morgan fingerprint density at radius 3 is 2.56 bits per heavy atom. The van der Waals surface area contributed by atoms with Crippen LogP contribution in [0.25, 0.3) is 11.3 Å². The molecule has 25 heavy (non-hydrogen) atoms. The van der Waals surface area contributed by atoms with Gasteiger partial charge in [0.25, 0.3) is 0 Å². The third-order valence-corrected chi connectivity index (χ3v) is 5.37. The smallest absolute Gasteiger partial charge is 0.147 e. The molecule has 0 saturated heterocycles. The van der Waals surface area contributed by atoms with E-state index in [1.165, 1.54) is 11.8 Å². The van der Waals surface area contributed by atoms with Gasteiger partial charge in [-0.25, -0.2) is 4.98 Å². The second-order valence-corrected chi connectivity index (χ2v) is 7.11. The first-order chi connectivity index (χ1) is 12.0.